The third-order valence-electron chi connectivity index (χ3n) is 5.53. The summed E-state index contributed by atoms with van der Waals surface area (Å²) in [4.78, 5) is 12.9. The van der Waals surface area contributed by atoms with Gasteiger partial charge >= 0.3 is 0 Å². The predicted molar refractivity (Wildman–Crippen MR) is 85.2 cm³/mol. The van der Waals surface area contributed by atoms with E-state index in [2.05, 4.69) is 31.4 Å². The summed E-state index contributed by atoms with van der Waals surface area (Å²) in [5.41, 5.74) is -0.152. The first-order valence-electron chi connectivity index (χ1n) is 8.59. The van der Waals surface area contributed by atoms with Crippen LogP contribution in [0.25, 0.3) is 0 Å². The van der Waals surface area contributed by atoms with Gasteiger partial charge in [-0.2, -0.15) is 0 Å². The van der Waals surface area contributed by atoms with E-state index in [1.54, 1.807) is 0 Å². The van der Waals surface area contributed by atoms with Gasteiger partial charge in [-0.25, -0.2) is 0 Å². The molecule has 1 aliphatic heterocycles. The summed E-state index contributed by atoms with van der Waals surface area (Å²) < 4.78 is 5.76. The van der Waals surface area contributed by atoms with Gasteiger partial charge in [0.25, 0.3) is 0 Å². The fourth-order valence-electron chi connectivity index (χ4n) is 3.89. The molecule has 2 fully saturated rings. The van der Waals surface area contributed by atoms with Crippen molar-refractivity contribution < 1.29 is 9.53 Å². The minimum absolute atomic E-state index is 0.0428. The van der Waals surface area contributed by atoms with E-state index in [1.165, 1.54) is 0 Å². The maximum absolute atomic E-state index is 12.9. The van der Waals surface area contributed by atoms with Crippen LogP contribution in [0.3, 0.4) is 0 Å². The molecule has 0 radical (unpaired) electrons. The Morgan fingerprint density at radius 1 is 1.38 bits per heavy atom. The van der Waals surface area contributed by atoms with Gasteiger partial charge in [0, 0.05) is 24.6 Å². The van der Waals surface area contributed by atoms with Crippen molar-refractivity contribution >= 4 is 5.91 Å². The number of hydrogen-bond donors (Lipinski definition) is 2. The Labute approximate surface area is 129 Å². The van der Waals surface area contributed by atoms with Crippen molar-refractivity contribution in [1.82, 2.24) is 10.6 Å². The van der Waals surface area contributed by atoms with Crippen LogP contribution in [0, 0.1) is 10.8 Å². The van der Waals surface area contributed by atoms with Crippen molar-refractivity contribution in [3.63, 3.8) is 0 Å². The monoisotopic (exact) mass is 296 g/mol. The number of rotatable bonds is 6. The lowest BCUT2D eigenvalue weighted by molar-refractivity contribution is -0.146. The Morgan fingerprint density at radius 2 is 2.14 bits per heavy atom. The SMILES string of the molecule is CCCC1(C(=O)NC2CC(OCC)C2(C)C)CCCNC1. The standard InChI is InChI=1S/C17H32N2O2/c1-5-8-17(9-7-10-18-12-17)15(20)19-13-11-14(21-6-2)16(13,3)4/h13-14,18H,5-12H2,1-4H3,(H,19,20). The van der Waals surface area contributed by atoms with Crippen LogP contribution in [0.15, 0.2) is 0 Å². The lowest BCUT2D eigenvalue weighted by Gasteiger charge is -2.52. The smallest absolute Gasteiger partial charge is 0.227 e. The number of piperidine rings is 1. The molecule has 4 heteroatoms. The highest BCUT2D eigenvalue weighted by atomic mass is 16.5. The molecule has 1 saturated carbocycles. The molecule has 2 N–H and O–H groups in total. The fourth-order valence-corrected chi connectivity index (χ4v) is 3.89. The number of nitrogens with one attached hydrogen (secondary N) is 2. The molecular weight excluding hydrogens is 264 g/mol. The number of carbonyl (C=O) groups excluding carboxylic acids is 1. The van der Waals surface area contributed by atoms with Gasteiger partial charge in [0.1, 0.15) is 0 Å². The van der Waals surface area contributed by atoms with Gasteiger partial charge in [0.05, 0.1) is 11.5 Å². The van der Waals surface area contributed by atoms with E-state index in [9.17, 15) is 4.79 Å². The molecule has 1 heterocycles. The van der Waals surface area contributed by atoms with Crippen LogP contribution < -0.4 is 10.6 Å². The van der Waals surface area contributed by atoms with Crippen molar-refractivity contribution in [2.75, 3.05) is 19.7 Å². The molecule has 0 aromatic carbocycles. The molecule has 0 aromatic rings. The van der Waals surface area contributed by atoms with E-state index in [0.29, 0.717) is 0 Å². The Kier molecular flexibility index (Phi) is 5.31. The van der Waals surface area contributed by atoms with Crippen LogP contribution in [-0.2, 0) is 9.53 Å². The van der Waals surface area contributed by atoms with Crippen molar-refractivity contribution in [2.24, 2.45) is 10.8 Å². The van der Waals surface area contributed by atoms with E-state index in [4.69, 9.17) is 4.74 Å². The molecular formula is C17H32N2O2. The first kappa shape index (κ1) is 16.8. The second kappa shape index (κ2) is 6.66. The molecule has 2 rings (SSSR count). The third-order valence-corrected chi connectivity index (χ3v) is 5.53. The maximum atomic E-state index is 12.9. The molecule has 2 aliphatic rings. The highest BCUT2D eigenvalue weighted by Gasteiger charge is 2.51. The summed E-state index contributed by atoms with van der Waals surface area (Å²) >= 11 is 0. The average Bonchev–Trinajstić information content (AvgIpc) is 2.47. The minimum Gasteiger partial charge on any atom is -0.378 e. The highest BCUT2D eigenvalue weighted by Crippen LogP contribution is 2.43. The molecule has 4 nitrogen and oxygen atoms in total. The number of amides is 1. The molecule has 1 saturated heterocycles. The summed E-state index contributed by atoms with van der Waals surface area (Å²) in [7, 11) is 0. The maximum Gasteiger partial charge on any atom is 0.227 e. The van der Waals surface area contributed by atoms with Gasteiger partial charge in [-0.05, 0) is 39.2 Å². The Balaban J connectivity index is 1.97. The predicted octanol–water partition coefficient (Wildman–Crippen LogP) is 2.48. The lowest BCUT2D eigenvalue weighted by Crippen LogP contribution is -2.64. The number of carbonyl (C=O) groups is 1. The van der Waals surface area contributed by atoms with E-state index >= 15 is 0 Å². The molecule has 21 heavy (non-hydrogen) atoms. The molecule has 1 aliphatic carbocycles. The molecule has 3 atom stereocenters. The van der Waals surface area contributed by atoms with Gasteiger partial charge in [-0.3, -0.25) is 4.79 Å². The zero-order chi connectivity index (χ0) is 15.5. The van der Waals surface area contributed by atoms with E-state index in [1.807, 2.05) is 6.92 Å². The van der Waals surface area contributed by atoms with Crippen LogP contribution in [0.4, 0.5) is 0 Å². The normalized spacial score (nSPS) is 35.0. The quantitative estimate of drug-likeness (QED) is 0.791. The van der Waals surface area contributed by atoms with Crippen molar-refractivity contribution in [1.29, 1.82) is 0 Å². The van der Waals surface area contributed by atoms with E-state index in [0.717, 1.165) is 51.8 Å². The zero-order valence-corrected chi connectivity index (χ0v) is 14.1. The second-order valence-electron chi connectivity index (χ2n) is 7.34. The van der Waals surface area contributed by atoms with E-state index in [-0.39, 0.29) is 28.9 Å². The molecule has 0 aromatic heterocycles. The fraction of sp³-hybridized carbons (Fsp3) is 0.941. The minimum atomic E-state index is -0.195. The van der Waals surface area contributed by atoms with Crippen molar-refractivity contribution in [2.45, 2.75) is 71.9 Å². The number of ether oxygens (including phenoxy) is 1. The van der Waals surface area contributed by atoms with Gasteiger partial charge in [-0.15, -0.1) is 0 Å². The second-order valence-corrected chi connectivity index (χ2v) is 7.34. The summed E-state index contributed by atoms with van der Waals surface area (Å²) in [6, 6.07) is 0.247. The molecule has 122 valence electrons. The number of hydrogen-bond acceptors (Lipinski definition) is 3. The zero-order valence-electron chi connectivity index (χ0n) is 14.1. The van der Waals surface area contributed by atoms with Crippen LogP contribution in [-0.4, -0.2) is 37.7 Å². The molecule has 0 bridgehead atoms. The Bertz CT molecular complexity index is 356. The summed E-state index contributed by atoms with van der Waals surface area (Å²) in [6.07, 6.45) is 5.38. The molecule has 3 unspecified atom stereocenters. The first-order valence-corrected chi connectivity index (χ1v) is 8.59. The van der Waals surface area contributed by atoms with Crippen molar-refractivity contribution in [3.05, 3.63) is 0 Å². The van der Waals surface area contributed by atoms with Crippen molar-refractivity contribution in [3.8, 4) is 0 Å². The van der Waals surface area contributed by atoms with Gasteiger partial charge < -0.3 is 15.4 Å². The Hall–Kier alpha value is -0.610. The largest absolute Gasteiger partial charge is 0.378 e. The van der Waals surface area contributed by atoms with Crippen LogP contribution in [0.1, 0.15) is 59.8 Å². The van der Waals surface area contributed by atoms with Gasteiger partial charge in [0.15, 0.2) is 0 Å². The van der Waals surface area contributed by atoms with E-state index < -0.39 is 0 Å². The topological polar surface area (TPSA) is 50.4 Å². The third kappa shape index (κ3) is 3.26. The van der Waals surface area contributed by atoms with Gasteiger partial charge in [-0.1, -0.05) is 27.2 Å². The molecule has 0 spiro atoms. The van der Waals surface area contributed by atoms with Crippen LogP contribution in [0.2, 0.25) is 0 Å². The lowest BCUT2D eigenvalue weighted by atomic mass is 9.64. The van der Waals surface area contributed by atoms with Gasteiger partial charge in [0.2, 0.25) is 5.91 Å². The molecule has 1 amide bonds. The summed E-state index contributed by atoms with van der Waals surface area (Å²) in [5, 5.41) is 6.75. The summed E-state index contributed by atoms with van der Waals surface area (Å²) in [6.45, 7) is 11.2. The highest BCUT2D eigenvalue weighted by molar-refractivity contribution is 5.83. The van der Waals surface area contributed by atoms with Crippen LogP contribution in [0.5, 0.6) is 0 Å². The average molecular weight is 296 g/mol. The van der Waals surface area contributed by atoms with Crippen LogP contribution >= 0.6 is 0 Å². The Morgan fingerprint density at radius 3 is 2.67 bits per heavy atom. The summed E-state index contributed by atoms with van der Waals surface area (Å²) in [5.74, 6) is 0.254. The first-order chi connectivity index (χ1) is 9.96.